The summed E-state index contributed by atoms with van der Waals surface area (Å²) in [4.78, 5) is 13.1. The minimum atomic E-state index is -1.67. The summed E-state index contributed by atoms with van der Waals surface area (Å²) in [6.45, 7) is 3.42. The van der Waals surface area contributed by atoms with Crippen LogP contribution in [0.5, 0.6) is 0 Å². The molecule has 1 amide bonds. The molecule has 9 unspecified atom stereocenters. The molecule has 1 heterocycles. The molecule has 11 heteroatoms. The van der Waals surface area contributed by atoms with Gasteiger partial charge in [0.15, 0.2) is 6.29 Å². The number of hydrogen-bond donors (Lipinski definition) is 8. The summed E-state index contributed by atoms with van der Waals surface area (Å²) in [5.41, 5.74) is 0. The summed E-state index contributed by atoms with van der Waals surface area (Å²) < 4.78 is 11.1. The van der Waals surface area contributed by atoms with Crippen molar-refractivity contribution in [3.05, 3.63) is 24.3 Å². The molecule has 0 aromatic rings. The molecule has 0 aromatic heterocycles. The van der Waals surface area contributed by atoms with Gasteiger partial charge in [0.2, 0.25) is 5.91 Å². The fourth-order valence-electron chi connectivity index (χ4n) is 7.85. The van der Waals surface area contributed by atoms with E-state index in [0.29, 0.717) is 12.8 Å². The molecule has 0 spiro atoms. The summed E-state index contributed by atoms with van der Waals surface area (Å²) in [5, 5.41) is 75.7. The number of rotatable bonds is 41. The molecule has 0 aromatic carbocycles. The van der Waals surface area contributed by atoms with Gasteiger partial charge in [0.25, 0.3) is 0 Å². The van der Waals surface area contributed by atoms with Gasteiger partial charge >= 0.3 is 0 Å². The van der Waals surface area contributed by atoms with E-state index in [4.69, 9.17) is 9.47 Å². The number of aliphatic hydroxyl groups excluding tert-OH is 7. The molecule has 354 valence electrons. The molecule has 11 nitrogen and oxygen atoms in total. The van der Waals surface area contributed by atoms with Crippen LogP contribution in [0.1, 0.15) is 213 Å². The van der Waals surface area contributed by atoms with Gasteiger partial charge < -0.3 is 50.5 Å². The smallest absolute Gasteiger partial charge is 0.249 e. The number of unbranched alkanes of at least 4 members (excludes halogenated alkanes) is 25. The molecule has 60 heavy (non-hydrogen) atoms. The van der Waals surface area contributed by atoms with Gasteiger partial charge in [-0.1, -0.05) is 173 Å². The van der Waals surface area contributed by atoms with Crippen molar-refractivity contribution in [3.8, 4) is 0 Å². The third-order valence-corrected chi connectivity index (χ3v) is 12.0. The van der Waals surface area contributed by atoms with Crippen LogP contribution in [0.2, 0.25) is 0 Å². The van der Waals surface area contributed by atoms with Crippen LogP contribution < -0.4 is 5.32 Å². The standard InChI is InChI=1S/C49H93NO10/c1-3-5-7-9-11-13-15-17-18-19-20-21-22-23-25-27-29-31-33-35-37-42(53)48(58)50-40(39-59-49-47(57)46(56)45(55)43(38-51)60-49)44(54)41(52)36-34-32-30-28-26-24-16-14-12-10-8-6-4-2/h21-22,28,30,40-47,49,51-57H,3-20,23-27,29,31-39H2,1-2H3,(H,50,58)/b22-21-,30-28+. The van der Waals surface area contributed by atoms with Gasteiger partial charge in [0.1, 0.15) is 36.6 Å². The van der Waals surface area contributed by atoms with Gasteiger partial charge in [0, 0.05) is 0 Å². The zero-order valence-corrected chi connectivity index (χ0v) is 38.2. The maximum atomic E-state index is 13.1. The van der Waals surface area contributed by atoms with Crippen LogP contribution in [0, 0.1) is 0 Å². The largest absolute Gasteiger partial charge is 0.394 e. The molecule has 8 N–H and O–H groups in total. The molecule has 1 fully saturated rings. The fraction of sp³-hybridized carbons (Fsp3) is 0.898. The maximum absolute atomic E-state index is 13.1. The molecule has 0 radical (unpaired) electrons. The molecule has 0 aliphatic carbocycles. The summed E-state index contributed by atoms with van der Waals surface area (Å²) in [7, 11) is 0. The average molecular weight is 856 g/mol. The van der Waals surface area contributed by atoms with Crippen LogP contribution in [0.15, 0.2) is 24.3 Å². The lowest BCUT2D eigenvalue weighted by molar-refractivity contribution is -0.303. The molecule has 9 atom stereocenters. The predicted octanol–water partition coefficient (Wildman–Crippen LogP) is 8.62. The Bertz CT molecular complexity index is 1030. The topological polar surface area (TPSA) is 189 Å². The van der Waals surface area contributed by atoms with Gasteiger partial charge in [-0.15, -0.1) is 0 Å². The number of allylic oxidation sites excluding steroid dienone is 4. The second-order valence-electron chi connectivity index (χ2n) is 17.5. The minimum Gasteiger partial charge on any atom is -0.394 e. The van der Waals surface area contributed by atoms with Crippen molar-refractivity contribution in [1.29, 1.82) is 0 Å². The van der Waals surface area contributed by atoms with Gasteiger partial charge in [-0.25, -0.2) is 0 Å². The van der Waals surface area contributed by atoms with E-state index in [-0.39, 0.29) is 12.8 Å². The summed E-state index contributed by atoms with van der Waals surface area (Å²) in [6.07, 6.45) is 32.3. The van der Waals surface area contributed by atoms with Crippen molar-refractivity contribution in [1.82, 2.24) is 5.32 Å². The lowest BCUT2D eigenvalue weighted by Crippen LogP contribution is -2.60. The molecule has 1 aliphatic heterocycles. The Labute approximate surface area is 365 Å². The molecule has 1 rings (SSSR count). The maximum Gasteiger partial charge on any atom is 0.249 e. The van der Waals surface area contributed by atoms with Gasteiger partial charge in [-0.3, -0.25) is 4.79 Å². The molecule has 0 bridgehead atoms. The number of ether oxygens (including phenoxy) is 2. The summed E-state index contributed by atoms with van der Waals surface area (Å²) >= 11 is 0. The van der Waals surface area contributed by atoms with Gasteiger partial charge in [0.05, 0.1) is 25.4 Å². The highest BCUT2D eigenvalue weighted by Crippen LogP contribution is 2.23. The second kappa shape index (κ2) is 39.2. The summed E-state index contributed by atoms with van der Waals surface area (Å²) in [5.74, 6) is -0.711. The Kier molecular flexibility index (Phi) is 37.0. The monoisotopic (exact) mass is 856 g/mol. The number of aliphatic hydroxyl groups is 7. The Hall–Kier alpha value is -1.41. The molecule has 1 saturated heterocycles. The zero-order chi connectivity index (χ0) is 44.1. The lowest BCUT2D eigenvalue weighted by atomic mass is 9.98. The highest BCUT2D eigenvalue weighted by atomic mass is 16.7. The SMILES string of the molecule is CCCCCCCCCC/C=C/CCCC(O)C(O)C(COC1OC(CO)C(O)C(O)C1O)NC(=O)C(O)CCCCCCCC/C=C\CCCCCCCCCCCC. The zero-order valence-electron chi connectivity index (χ0n) is 38.2. The van der Waals surface area contributed by atoms with Gasteiger partial charge in [-0.2, -0.15) is 0 Å². The normalized spacial score (nSPS) is 21.8. The Morgan fingerprint density at radius 1 is 0.567 bits per heavy atom. The minimum absolute atomic E-state index is 0.248. The summed E-state index contributed by atoms with van der Waals surface area (Å²) in [6, 6.07) is -1.18. The predicted molar refractivity (Wildman–Crippen MR) is 242 cm³/mol. The third-order valence-electron chi connectivity index (χ3n) is 12.0. The first-order valence-electron chi connectivity index (χ1n) is 24.7. The number of nitrogens with one attached hydrogen (secondary N) is 1. The van der Waals surface area contributed by atoms with Crippen LogP contribution in [0.25, 0.3) is 0 Å². The van der Waals surface area contributed by atoms with Crippen molar-refractivity contribution < 1.29 is 50.0 Å². The Balaban J connectivity index is 2.42. The first-order chi connectivity index (χ1) is 29.2. The molecule has 1 aliphatic rings. The van der Waals surface area contributed by atoms with E-state index in [2.05, 4.69) is 43.5 Å². The van der Waals surface area contributed by atoms with E-state index in [0.717, 1.165) is 57.8 Å². The van der Waals surface area contributed by atoms with Crippen molar-refractivity contribution in [2.45, 2.75) is 268 Å². The van der Waals surface area contributed by atoms with Crippen molar-refractivity contribution in [3.63, 3.8) is 0 Å². The van der Waals surface area contributed by atoms with Crippen LogP contribution in [-0.4, -0.2) is 110 Å². The molecular formula is C49H93NO10. The fourth-order valence-corrected chi connectivity index (χ4v) is 7.85. The highest BCUT2D eigenvalue weighted by Gasteiger charge is 2.44. The van der Waals surface area contributed by atoms with Crippen molar-refractivity contribution in [2.75, 3.05) is 13.2 Å². The number of amides is 1. The highest BCUT2D eigenvalue weighted by molar-refractivity contribution is 5.80. The lowest BCUT2D eigenvalue weighted by Gasteiger charge is -2.40. The third kappa shape index (κ3) is 28.3. The molecule has 0 saturated carbocycles. The van der Waals surface area contributed by atoms with Crippen LogP contribution >= 0.6 is 0 Å². The molecular weight excluding hydrogens is 763 g/mol. The van der Waals surface area contributed by atoms with E-state index in [1.807, 2.05) is 0 Å². The number of carbonyl (C=O) groups is 1. The van der Waals surface area contributed by atoms with Gasteiger partial charge in [-0.05, 0) is 64.2 Å². The first kappa shape index (κ1) is 56.6. The van der Waals surface area contributed by atoms with E-state index >= 15 is 0 Å². The Morgan fingerprint density at radius 2 is 0.983 bits per heavy atom. The van der Waals surface area contributed by atoms with E-state index in [1.165, 1.54) is 116 Å². The quantitative estimate of drug-likeness (QED) is 0.0218. The first-order valence-corrected chi connectivity index (χ1v) is 24.7. The van der Waals surface area contributed by atoms with E-state index in [9.17, 15) is 40.5 Å². The second-order valence-corrected chi connectivity index (χ2v) is 17.5. The van der Waals surface area contributed by atoms with Crippen molar-refractivity contribution in [2.24, 2.45) is 0 Å². The Morgan fingerprint density at radius 3 is 1.43 bits per heavy atom. The van der Waals surface area contributed by atoms with Crippen LogP contribution in [0.4, 0.5) is 0 Å². The van der Waals surface area contributed by atoms with Crippen LogP contribution in [0.3, 0.4) is 0 Å². The number of hydrogen-bond acceptors (Lipinski definition) is 10. The van der Waals surface area contributed by atoms with Crippen molar-refractivity contribution >= 4 is 5.91 Å². The van der Waals surface area contributed by atoms with Crippen LogP contribution in [-0.2, 0) is 14.3 Å². The van der Waals surface area contributed by atoms with E-state index < -0.39 is 74.2 Å². The number of carbonyl (C=O) groups excluding carboxylic acids is 1. The van der Waals surface area contributed by atoms with E-state index in [1.54, 1.807) is 0 Å². The average Bonchev–Trinajstić information content (AvgIpc) is 3.25.